The number of unbranched alkanes of at least 4 members (excludes halogenated alkanes) is 16. The summed E-state index contributed by atoms with van der Waals surface area (Å²) in [6.45, 7) is 5.63. The van der Waals surface area contributed by atoms with Crippen LogP contribution < -0.4 is 17.0 Å². The van der Waals surface area contributed by atoms with Gasteiger partial charge in [-0.3, -0.25) is 0 Å². The molecule has 0 radical (unpaired) electrons. The molecule has 0 aliphatic heterocycles. The maximum Gasteiger partial charge on any atom is 0.169 e. The zero-order chi connectivity index (χ0) is 18.7. The van der Waals surface area contributed by atoms with E-state index in [0.717, 1.165) is 0 Å². The highest BCUT2D eigenvalue weighted by Gasteiger charge is 1.99. The summed E-state index contributed by atoms with van der Waals surface area (Å²) in [6.07, 6.45) is 29.0. The van der Waals surface area contributed by atoms with E-state index in [4.69, 9.17) is 0 Å². The molecule has 0 aliphatic carbocycles. The quantitative estimate of drug-likeness (QED) is 0.245. The minimum absolute atomic E-state index is 0. The molecule has 0 saturated heterocycles. The lowest BCUT2D eigenvalue weighted by Crippen LogP contribution is -3.00. The van der Waals surface area contributed by atoms with Crippen molar-refractivity contribution in [3.8, 4) is 0 Å². The second-order valence-corrected chi connectivity index (χ2v) is 8.27. The van der Waals surface area contributed by atoms with Gasteiger partial charge in [-0.05, 0) is 18.9 Å². The summed E-state index contributed by atoms with van der Waals surface area (Å²) in [5.74, 6) is 0. The minimum Gasteiger partial charge on any atom is -1.00 e. The van der Waals surface area contributed by atoms with Crippen LogP contribution in [0.2, 0.25) is 0 Å². The molecule has 0 unspecified atom stereocenters. The summed E-state index contributed by atoms with van der Waals surface area (Å²) in [5.41, 5.74) is 1.35. The Morgan fingerprint density at radius 2 is 0.889 bits per heavy atom. The molecule has 1 heterocycles. The van der Waals surface area contributed by atoms with Crippen LogP contribution in [-0.2, 0) is 6.54 Å². The first-order valence-electron chi connectivity index (χ1n) is 11.8. The Labute approximate surface area is 176 Å². The highest BCUT2D eigenvalue weighted by atomic mass is 35.5. The van der Waals surface area contributed by atoms with Crippen molar-refractivity contribution in [3.05, 3.63) is 30.1 Å². The van der Waals surface area contributed by atoms with Crippen LogP contribution in [-0.4, -0.2) is 0 Å². The Bertz CT molecular complexity index is 401. The van der Waals surface area contributed by atoms with Crippen molar-refractivity contribution in [2.75, 3.05) is 0 Å². The molecule has 0 saturated carbocycles. The summed E-state index contributed by atoms with van der Waals surface area (Å²) >= 11 is 0. The number of aryl methyl sites for hydroxylation is 2. The highest BCUT2D eigenvalue weighted by Crippen LogP contribution is 2.14. The van der Waals surface area contributed by atoms with Crippen LogP contribution in [0.15, 0.2) is 24.5 Å². The van der Waals surface area contributed by atoms with Crippen LogP contribution >= 0.6 is 0 Å². The number of halogens is 1. The van der Waals surface area contributed by atoms with Gasteiger partial charge in [-0.25, -0.2) is 4.57 Å². The molecular formula is C25H46ClN. The van der Waals surface area contributed by atoms with E-state index in [9.17, 15) is 0 Å². The molecule has 1 aromatic heterocycles. The smallest absolute Gasteiger partial charge is 0.169 e. The first-order chi connectivity index (χ1) is 12.8. The summed E-state index contributed by atoms with van der Waals surface area (Å²) in [6, 6.07) is 4.40. The fraction of sp³-hybridized carbons (Fsp3) is 0.800. The van der Waals surface area contributed by atoms with Gasteiger partial charge in [0.1, 0.15) is 6.54 Å². The van der Waals surface area contributed by atoms with Crippen molar-refractivity contribution in [2.45, 2.75) is 130 Å². The Kier molecular flexibility index (Phi) is 19.8. The molecular weight excluding hydrogens is 350 g/mol. The van der Waals surface area contributed by atoms with Gasteiger partial charge < -0.3 is 12.4 Å². The van der Waals surface area contributed by atoms with Crippen molar-refractivity contribution >= 4 is 0 Å². The summed E-state index contributed by atoms with van der Waals surface area (Å²) < 4.78 is 2.32. The molecule has 0 N–H and O–H groups in total. The summed E-state index contributed by atoms with van der Waals surface area (Å²) in [4.78, 5) is 0. The van der Waals surface area contributed by atoms with Gasteiger partial charge in [0.05, 0.1) is 0 Å². The van der Waals surface area contributed by atoms with E-state index in [-0.39, 0.29) is 12.4 Å². The van der Waals surface area contributed by atoms with E-state index in [1.807, 2.05) is 0 Å². The van der Waals surface area contributed by atoms with Crippen molar-refractivity contribution < 1.29 is 17.0 Å². The monoisotopic (exact) mass is 395 g/mol. The average molecular weight is 396 g/mol. The van der Waals surface area contributed by atoms with Gasteiger partial charge in [0.15, 0.2) is 12.4 Å². The van der Waals surface area contributed by atoms with Gasteiger partial charge in [0.25, 0.3) is 0 Å². The van der Waals surface area contributed by atoms with E-state index in [0.29, 0.717) is 0 Å². The van der Waals surface area contributed by atoms with Gasteiger partial charge in [-0.2, -0.15) is 0 Å². The maximum absolute atomic E-state index is 2.32. The molecule has 1 nitrogen and oxygen atoms in total. The van der Waals surface area contributed by atoms with Crippen LogP contribution in [0.25, 0.3) is 0 Å². The normalized spacial score (nSPS) is 10.7. The molecule has 1 aromatic rings. The predicted octanol–water partition coefficient (Wildman–Crippen LogP) is 4.94. The molecule has 0 aromatic carbocycles. The average Bonchev–Trinajstić information content (AvgIpc) is 2.66. The van der Waals surface area contributed by atoms with Crippen molar-refractivity contribution in [2.24, 2.45) is 0 Å². The number of aromatic nitrogens is 1. The predicted molar refractivity (Wildman–Crippen MR) is 116 cm³/mol. The topological polar surface area (TPSA) is 3.88 Å². The van der Waals surface area contributed by atoms with E-state index >= 15 is 0 Å². The fourth-order valence-electron chi connectivity index (χ4n) is 3.70. The first kappa shape index (κ1) is 26.4. The lowest BCUT2D eigenvalue weighted by atomic mass is 10.0. The second kappa shape index (κ2) is 20.2. The summed E-state index contributed by atoms with van der Waals surface area (Å²) in [5, 5.41) is 0. The number of hydrogen-bond acceptors (Lipinski definition) is 0. The van der Waals surface area contributed by atoms with Crippen LogP contribution in [0.1, 0.15) is 122 Å². The first-order valence-corrected chi connectivity index (χ1v) is 11.8. The maximum atomic E-state index is 2.32. The van der Waals surface area contributed by atoms with Gasteiger partial charge in [0.2, 0.25) is 0 Å². The summed E-state index contributed by atoms with van der Waals surface area (Å²) in [7, 11) is 0. The molecule has 27 heavy (non-hydrogen) atoms. The molecule has 0 spiro atoms. The number of rotatable bonds is 18. The Morgan fingerprint density at radius 3 is 1.26 bits per heavy atom. The van der Waals surface area contributed by atoms with Gasteiger partial charge in [-0.1, -0.05) is 103 Å². The molecule has 1 rings (SSSR count). The van der Waals surface area contributed by atoms with E-state index in [1.165, 1.54) is 121 Å². The lowest BCUT2D eigenvalue weighted by molar-refractivity contribution is -0.697. The van der Waals surface area contributed by atoms with Crippen LogP contribution in [0, 0.1) is 6.92 Å². The number of nitrogens with zero attached hydrogens (tertiary/aromatic N) is 1. The second-order valence-electron chi connectivity index (χ2n) is 8.27. The molecule has 2 heteroatoms. The van der Waals surface area contributed by atoms with E-state index < -0.39 is 0 Å². The largest absolute Gasteiger partial charge is 1.00 e. The van der Waals surface area contributed by atoms with Gasteiger partial charge in [0, 0.05) is 18.6 Å². The Morgan fingerprint density at radius 1 is 0.556 bits per heavy atom. The van der Waals surface area contributed by atoms with Crippen LogP contribution in [0.5, 0.6) is 0 Å². The fourth-order valence-corrected chi connectivity index (χ4v) is 3.70. The Hall–Kier alpha value is -0.560. The van der Waals surface area contributed by atoms with Crippen LogP contribution in [0.4, 0.5) is 0 Å². The number of hydrogen-bond donors (Lipinski definition) is 0. The Balaban J connectivity index is 0.00000676. The van der Waals surface area contributed by atoms with Crippen molar-refractivity contribution in [1.29, 1.82) is 0 Å². The van der Waals surface area contributed by atoms with Crippen molar-refractivity contribution in [1.82, 2.24) is 0 Å². The molecule has 158 valence electrons. The molecule has 0 aliphatic rings. The molecule has 0 bridgehead atoms. The highest BCUT2D eigenvalue weighted by molar-refractivity contribution is 5.03. The zero-order valence-electron chi connectivity index (χ0n) is 18.4. The van der Waals surface area contributed by atoms with Crippen LogP contribution in [0.3, 0.4) is 0 Å². The molecule has 0 fully saturated rings. The third-order valence-corrected chi connectivity index (χ3v) is 5.58. The zero-order valence-corrected chi connectivity index (χ0v) is 19.1. The van der Waals surface area contributed by atoms with Crippen molar-refractivity contribution in [3.63, 3.8) is 0 Å². The SMILES string of the molecule is CCCCCCCCCCCCCCCCCCC[n+]1ccc(C)cc1.[Cl-]. The van der Waals surface area contributed by atoms with Gasteiger partial charge >= 0.3 is 0 Å². The van der Waals surface area contributed by atoms with Gasteiger partial charge in [-0.15, -0.1) is 0 Å². The molecule has 0 amide bonds. The number of pyridine rings is 1. The third-order valence-electron chi connectivity index (χ3n) is 5.58. The van der Waals surface area contributed by atoms with E-state index in [2.05, 4.69) is 42.9 Å². The van der Waals surface area contributed by atoms with E-state index in [1.54, 1.807) is 0 Å². The standard InChI is InChI=1S/C25H46N.ClH/c1-3-4-5-6-7-8-9-10-11-12-13-14-15-16-17-18-19-22-26-23-20-25(2)21-24-26;/h20-21,23-24H,3-19,22H2,1-2H3;1H/q+1;/p-1. The third kappa shape index (κ3) is 17.3. The molecule has 0 atom stereocenters. The lowest BCUT2D eigenvalue weighted by Gasteiger charge is -2.03. The minimum atomic E-state index is 0.